The van der Waals surface area contributed by atoms with Gasteiger partial charge in [-0.2, -0.15) is 0 Å². The van der Waals surface area contributed by atoms with Crippen LogP contribution in [0.5, 0.6) is 11.5 Å². The molecule has 1 saturated heterocycles. The molecule has 0 aliphatic carbocycles. The maximum absolute atomic E-state index is 6.35. The Morgan fingerprint density at radius 1 is 1.23 bits per heavy atom. The number of ether oxygens (including phenoxy) is 4. The standard InChI is InChI=1S/C22H36ClN3O4/c1-4-24-22(25-9-6-10-29-16-17-7-11-28-12-8-17)26-15-18-13-19(23)21(30-5-2)20(14-18)27-3/h13-14,17H,4-12,15-16H2,1-3H3,(H2,24,25,26). The summed E-state index contributed by atoms with van der Waals surface area (Å²) in [5.41, 5.74) is 0.956. The van der Waals surface area contributed by atoms with Crippen molar-refractivity contribution in [3.8, 4) is 11.5 Å². The van der Waals surface area contributed by atoms with E-state index in [-0.39, 0.29) is 0 Å². The van der Waals surface area contributed by atoms with Crippen LogP contribution >= 0.6 is 11.6 Å². The summed E-state index contributed by atoms with van der Waals surface area (Å²) < 4.78 is 22.2. The predicted molar refractivity (Wildman–Crippen MR) is 121 cm³/mol. The summed E-state index contributed by atoms with van der Waals surface area (Å²) in [7, 11) is 1.61. The van der Waals surface area contributed by atoms with Gasteiger partial charge >= 0.3 is 0 Å². The van der Waals surface area contributed by atoms with Crippen LogP contribution in [0.1, 0.15) is 38.7 Å². The number of hydrogen-bond donors (Lipinski definition) is 2. The number of rotatable bonds is 12. The molecule has 8 heteroatoms. The summed E-state index contributed by atoms with van der Waals surface area (Å²) in [6.07, 6.45) is 3.14. The first-order valence-electron chi connectivity index (χ1n) is 10.8. The number of halogens is 1. The molecule has 1 aromatic rings. The summed E-state index contributed by atoms with van der Waals surface area (Å²) in [6.45, 7) is 9.87. The number of aliphatic imine (C=N–C) groups is 1. The van der Waals surface area contributed by atoms with Gasteiger partial charge < -0.3 is 29.6 Å². The van der Waals surface area contributed by atoms with Crippen LogP contribution in [0.4, 0.5) is 0 Å². The van der Waals surface area contributed by atoms with E-state index in [1.807, 2.05) is 26.0 Å². The number of nitrogens with zero attached hydrogens (tertiary/aromatic N) is 1. The van der Waals surface area contributed by atoms with Crippen LogP contribution in [-0.2, 0) is 16.0 Å². The Kier molecular flexibility index (Phi) is 11.7. The summed E-state index contributed by atoms with van der Waals surface area (Å²) in [4.78, 5) is 4.65. The molecule has 0 amide bonds. The van der Waals surface area contributed by atoms with Crippen LogP contribution in [0.3, 0.4) is 0 Å². The lowest BCUT2D eigenvalue weighted by atomic mass is 10.0. The highest BCUT2D eigenvalue weighted by molar-refractivity contribution is 6.32. The van der Waals surface area contributed by atoms with E-state index in [4.69, 9.17) is 30.5 Å². The van der Waals surface area contributed by atoms with Gasteiger partial charge in [-0.05, 0) is 56.7 Å². The van der Waals surface area contributed by atoms with Crippen molar-refractivity contribution in [1.29, 1.82) is 0 Å². The topological polar surface area (TPSA) is 73.3 Å². The van der Waals surface area contributed by atoms with E-state index in [0.717, 1.165) is 70.3 Å². The minimum absolute atomic E-state index is 0.484. The zero-order valence-electron chi connectivity index (χ0n) is 18.5. The van der Waals surface area contributed by atoms with Gasteiger partial charge in [-0.25, -0.2) is 4.99 Å². The number of nitrogens with one attached hydrogen (secondary N) is 2. The Balaban J connectivity index is 1.78. The summed E-state index contributed by atoms with van der Waals surface area (Å²) >= 11 is 6.35. The van der Waals surface area contributed by atoms with Crippen molar-refractivity contribution in [3.63, 3.8) is 0 Å². The van der Waals surface area contributed by atoms with Gasteiger partial charge in [0.05, 0.1) is 25.3 Å². The molecule has 0 bridgehead atoms. The van der Waals surface area contributed by atoms with Gasteiger partial charge in [0.1, 0.15) is 0 Å². The smallest absolute Gasteiger partial charge is 0.191 e. The number of methoxy groups -OCH3 is 1. The molecular formula is C22H36ClN3O4. The molecule has 1 heterocycles. The lowest BCUT2D eigenvalue weighted by Crippen LogP contribution is -2.38. The zero-order chi connectivity index (χ0) is 21.6. The van der Waals surface area contributed by atoms with Crippen molar-refractivity contribution < 1.29 is 18.9 Å². The van der Waals surface area contributed by atoms with Gasteiger partial charge in [-0.3, -0.25) is 0 Å². The zero-order valence-corrected chi connectivity index (χ0v) is 19.2. The minimum Gasteiger partial charge on any atom is -0.493 e. The molecule has 1 aliphatic rings. The molecule has 1 aromatic carbocycles. The van der Waals surface area contributed by atoms with E-state index in [0.29, 0.717) is 35.6 Å². The molecule has 170 valence electrons. The Labute approximate surface area is 185 Å². The maximum atomic E-state index is 6.35. The average Bonchev–Trinajstić information content (AvgIpc) is 2.76. The molecule has 0 radical (unpaired) electrons. The molecule has 2 N–H and O–H groups in total. The second-order valence-electron chi connectivity index (χ2n) is 7.15. The second-order valence-corrected chi connectivity index (χ2v) is 7.56. The van der Waals surface area contributed by atoms with Crippen molar-refractivity contribution in [3.05, 3.63) is 22.7 Å². The Morgan fingerprint density at radius 2 is 2.03 bits per heavy atom. The van der Waals surface area contributed by atoms with Crippen LogP contribution in [0, 0.1) is 5.92 Å². The SMILES string of the molecule is CCNC(=NCc1cc(Cl)c(OCC)c(OC)c1)NCCCOCC1CCOCC1. The fourth-order valence-corrected chi connectivity index (χ4v) is 3.49. The van der Waals surface area contributed by atoms with Gasteiger partial charge in [0.15, 0.2) is 17.5 Å². The van der Waals surface area contributed by atoms with Crippen LogP contribution in [0.15, 0.2) is 17.1 Å². The van der Waals surface area contributed by atoms with E-state index in [1.54, 1.807) is 7.11 Å². The molecule has 7 nitrogen and oxygen atoms in total. The Bertz CT molecular complexity index is 652. The van der Waals surface area contributed by atoms with E-state index in [9.17, 15) is 0 Å². The minimum atomic E-state index is 0.484. The highest BCUT2D eigenvalue weighted by atomic mass is 35.5. The van der Waals surface area contributed by atoms with Gasteiger partial charge in [0.25, 0.3) is 0 Å². The fourth-order valence-electron chi connectivity index (χ4n) is 3.21. The molecule has 0 saturated carbocycles. The second kappa shape index (κ2) is 14.3. The Hall–Kier alpha value is -1.70. The third-order valence-electron chi connectivity index (χ3n) is 4.79. The van der Waals surface area contributed by atoms with Crippen molar-refractivity contribution >= 4 is 17.6 Å². The summed E-state index contributed by atoms with van der Waals surface area (Å²) in [6, 6.07) is 3.78. The lowest BCUT2D eigenvalue weighted by Gasteiger charge is -2.21. The maximum Gasteiger partial charge on any atom is 0.191 e. The third kappa shape index (κ3) is 8.58. The number of guanidine groups is 1. The van der Waals surface area contributed by atoms with Crippen molar-refractivity contribution in [2.45, 2.75) is 39.7 Å². The molecule has 30 heavy (non-hydrogen) atoms. The summed E-state index contributed by atoms with van der Waals surface area (Å²) in [5.74, 6) is 2.60. The van der Waals surface area contributed by atoms with E-state index in [2.05, 4.69) is 15.6 Å². The molecule has 0 unspecified atom stereocenters. The molecule has 1 fully saturated rings. The monoisotopic (exact) mass is 441 g/mol. The molecule has 0 spiro atoms. The first kappa shape index (κ1) is 24.6. The average molecular weight is 442 g/mol. The summed E-state index contributed by atoms with van der Waals surface area (Å²) in [5, 5.41) is 7.15. The fraction of sp³-hybridized carbons (Fsp3) is 0.682. The van der Waals surface area contributed by atoms with Crippen LogP contribution < -0.4 is 20.1 Å². The molecule has 2 rings (SSSR count). The Morgan fingerprint density at radius 3 is 2.73 bits per heavy atom. The van der Waals surface area contributed by atoms with Gasteiger partial charge in [0, 0.05) is 39.5 Å². The first-order valence-corrected chi connectivity index (χ1v) is 11.2. The highest BCUT2D eigenvalue weighted by Gasteiger charge is 2.13. The van der Waals surface area contributed by atoms with Crippen molar-refractivity contribution in [2.24, 2.45) is 10.9 Å². The van der Waals surface area contributed by atoms with Crippen LogP contribution in [-0.4, -0.2) is 59.2 Å². The quantitative estimate of drug-likeness (QED) is 0.293. The van der Waals surface area contributed by atoms with Gasteiger partial charge in [0.2, 0.25) is 0 Å². The molecule has 1 aliphatic heterocycles. The highest BCUT2D eigenvalue weighted by Crippen LogP contribution is 2.36. The van der Waals surface area contributed by atoms with Crippen LogP contribution in [0.25, 0.3) is 0 Å². The van der Waals surface area contributed by atoms with Crippen molar-refractivity contribution in [1.82, 2.24) is 10.6 Å². The van der Waals surface area contributed by atoms with Crippen molar-refractivity contribution in [2.75, 3.05) is 53.2 Å². The predicted octanol–water partition coefficient (Wildman–Crippen LogP) is 3.64. The molecule has 0 aromatic heterocycles. The van der Waals surface area contributed by atoms with E-state index >= 15 is 0 Å². The van der Waals surface area contributed by atoms with Gasteiger partial charge in [-0.1, -0.05) is 11.6 Å². The normalized spacial score (nSPS) is 15.1. The lowest BCUT2D eigenvalue weighted by molar-refractivity contribution is 0.0203. The molecule has 0 atom stereocenters. The van der Waals surface area contributed by atoms with Crippen LogP contribution in [0.2, 0.25) is 5.02 Å². The first-order chi connectivity index (χ1) is 14.7. The number of benzene rings is 1. The third-order valence-corrected chi connectivity index (χ3v) is 5.07. The van der Waals surface area contributed by atoms with E-state index < -0.39 is 0 Å². The number of hydrogen-bond acceptors (Lipinski definition) is 5. The molecular weight excluding hydrogens is 406 g/mol. The largest absolute Gasteiger partial charge is 0.493 e. The van der Waals surface area contributed by atoms with Gasteiger partial charge in [-0.15, -0.1) is 0 Å². The van der Waals surface area contributed by atoms with E-state index in [1.165, 1.54) is 0 Å².